The largest absolute Gasteiger partial charge is 0.465 e. The molecule has 19 heavy (non-hydrogen) atoms. The minimum Gasteiger partial charge on any atom is -0.465 e. The second kappa shape index (κ2) is 6.91. The molecule has 7 heteroatoms. The molecule has 1 rings (SSSR count). The lowest BCUT2D eigenvalue weighted by atomic mass is 10.2. The van der Waals surface area contributed by atoms with Crippen LogP contribution in [0, 0.1) is 0 Å². The summed E-state index contributed by atoms with van der Waals surface area (Å²) in [7, 11) is -1.64. The van der Waals surface area contributed by atoms with E-state index in [1.165, 1.54) is 13.4 Å². The van der Waals surface area contributed by atoms with Crippen LogP contribution in [-0.2, 0) is 14.6 Å². The zero-order chi connectivity index (χ0) is 14.5. The van der Waals surface area contributed by atoms with Gasteiger partial charge in [-0.15, -0.1) is 0 Å². The summed E-state index contributed by atoms with van der Waals surface area (Å²) in [5.74, 6) is -0.320. The van der Waals surface area contributed by atoms with Crippen molar-refractivity contribution in [2.24, 2.45) is 0 Å². The Labute approximate surface area is 121 Å². The summed E-state index contributed by atoms with van der Waals surface area (Å²) < 4.78 is 27.5. The Balaban J connectivity index is 2.71. The first-order valence-electron chi connectivity index (χ1n) is 5.63. The number of benzene rings is 1. The molecule has 0 saturated carbocycles. The standard InChI is InChI=1S/C12H16BrNO4S/c1-18-12(15)10-5-4-9(13)8-11(10)14-6-3-7-19(2,16)17/h4-5,8,14H,3,6-7H2,1-2H3. The zero-order valence-corrected chi connectivity index (χ0v) is 13.2. The van der Waals surface area contributed by atoms with Gasteiger partial charge in [-0.1, -0.05) is 15.9 Å². The van der Waals surface area contributed by atoms with Crippen LogP contribution in [0.5, 0.6) is 0 Å². The van der Waals surface area contributed by atoms with E-state index in [-0.39, 0.29) is 5.75 Å². The van der Waals surface area contributed by atoms with Crippen molar-refractivity contribution in [1.82, 2.24) is 0 Å². The second-order valence-electron chi connectivity index (χ2n) is 4.09. The second-order valence-corrected chi connectivity index (χ2v) is 7.27. The van der Waals surface area contributed by atoms with Crippen LogP contribution < -0.4 is 5.32 Å². The highest BCUT2D eigenvalue weighted by atomic mass is 79.9. The number of nitrogens with one attached hydrogen (secondary N) is 1. The first kappa shape index (κ1) is 16.0. The quantitative estimate of drug-likeness (QED) is 0.628. The molecule has 0 aliphatic heterocycles. The molecular weight excluding hydrogens is 334 g/mol. The molecular formula is C12H16BrNO4S. The van der Waals surface area contributed by atoms with E-state index in [4.69, 9.17) is 0 Å². The van der Waals surface area contributed by atoms with Gasteiger partial charge in [0.25, 0.3) is 0 Å². The molecule has 0 fully saturated rings. The molecule has 0 spiro atoms. The summed E-state index contributed by atoms with van der Waals surface area (Å²) in [6.07, 6.45) is 1.68. The number of methoxy groups -OCH3 is 1. The van der Waals surface area contributed by atoms with Gasteiger partial charge < -0.3 is 10.1 Å². The third-order valence-corrected chi connectivity index (χ3v) is 3.92. The van der Waals surface area contributed by atoms with Gasteiger partial charge in [0.1, 0.15) is 9.84 Å². The summed E-state index contributed by atoms with van der Waals surface area (Å²) in [5, 5.41) is 3.05. The molecule has 1 aromatic carbocycles. The van der Waals surface area contributed by atoms with Gasteiger partial charge in [0, 0.05) is 23.0 Å². The Morgan fingerprint density at radius 1 is 1.42 bits per heavy atom. The summed E-state index contributed by atoms with van der Waals surface area (Å²) in [6.45, 7) is 0.466. The molecule has 0 amide bonds. The van der Waals surface area contributed by atoms with Crippen molar-refractivity contribution in [3.8, 4) is 0 Å². The van der Waals surface area contributed by atoms with Gasteiger partial charge in [0.15, 0.2) is 0 Å². The Morgan fingerprint density at radius 3 is 2.68 bits per heavy atom. The summed E-state index contributed by atoms with van der Waals surface area (Å²) >= 11 is 3.32. The molecule has 0 atom stereocenters. The van der Waals surface area contributed by atoms with Crippen LogP contribution in [0.1, 0.15) is 16.8 Å². The SMILES string of the molecule is COC(=O)c1ccc(Br)cc1NCCCS(C)(=O)=O. The molecule has 5 nitrogen and oxygen atoms in total. The third-order valence-electron chi connectivity index (χ3n) is 2.39. The molecule has 106 valence electrons. The van der Waals surface area contributed by atoms with Crippen LogP contribution in [0.4, 0.5) is 5.69 Å². The predicted octanol–water partition coefficient (Wildman–Crippen LogP) is 2.08. The Hall–Kier alpha value is -1.08. The van der Waals surface area contributed by atoms with Crippen molar-refractivity contribution < 1.29 is 17.9 Å². The van der Waals surface area contributed by atoms with Crippen molar-refractivity contribution >= 4 is 37.4 Å². The number of carbonyl (C=O) groups excluding carboxylic acids is 1. The Kier molecular flexibility index (Phi) is 5.81. The fourth-order valence-corrected chi connectivity index (χ4v) is 2.54. The number of anilines is 1. The highest BCUT2D eigenvalue weighted by Gasteiger charge is 2.12. The van der Waals surface area contributed by atoms with Crippen LogP contribution in [0.3, 0.4) is 0 Å². The maximum atomic E-state index is 11.6. The number of sulfone groups is 1. The summed E-state index contributed by atoms with van der Waals surface area (Å²) in [4.78, 5) is 11.6. The van der Waals surface area contributed by atoms with E-state index < -0.39 is 15.8 Å². The van der Waals surface area contributed by atoms with E-state index in [1.54, 1.807) is 18.2 Å². The fraction of sp³-hybridized carbons (Fsp3) is 0.417. The number of halogens is 1. The van der Waals surface area contributed by atoms with Gasteiger partial charge >= 0.3 is 5.97 Å². The molecule has 0 radical (unpaired) electrons. The van der Waals surface area contributed by atoms with Gasteiger partial charge in [0.2, 0.25) is 0 Å². The first-order chi connectivity index (χ1) is 8.83. The van der Waals surface area contributed by atoms with E-state index in [9.17, 15) is 13.2 Å². The van der Waals surface area contributed by atoms with Gasteiger partial charge in [0.05, 0.1) is 18.4 Å². The van der Waals surface area contributed by atoms with Gasteiger partial charge in [-0.2, -0.15) is 0 Å². The Morgan fingerprint density at radius 2 is 2.11 bits per heavy atom. The minimum atomic E-state index is -2.96. The smallest absolute Gasteiger partial charge is 0.339 e. The lowest BCUT2D eigenvalue weighted by Gasteiger charge is -2.11. The highest BCUT2D eigenvalue weighted by Crippen LogP contribution is 2.22. The fourth-order valence-electron chi connectivity index (χ4n) is 1.51. The number of esters is 1. The molecule has 0 heterocycles. The molecule has 0 aliphatic carbocycles. The topological polar surface area (TPSA) is 72.5 Å². The van der Waals surface area contributed by atoms with Crippen molar-refractivity contribution in [2.45, 2.75) is 6.42 Å². The maximum Gasteiger partial charge on any atom is 0.339 e. The van der Waals surface area contributed by atoms with E-state index in [1.807, 2.05) is 0 Å². The number of rotatable bonds is 6. The molecule has 1 N–H and O–H groups in total. The Bertz CT molecular complexity index is 557. The molecule has 0 bridgehead atoms. The lowest BCUT2D eigenvalue weighted by Crippen LogP contribution is -2.12. The number of hydrogen-bond donors (Lipinski definition) is 1. The van der Waals surface area contributed by atoms with Crippen LogP contribution >= 0.6 is 15.9 Å². The molecule has 0 aromatic heterocycles. The van der Waals surface area contributed by atoms with Gasteiger partial charge in [-0.05, 0) is 24.6 Å². The lowest BCUT2D eigenvalue weighted by molar-refractivity contribution is 0.0602. The zero-order valence-electron chi connectivity index (χ0n) is 10.8. The van der Waals surface area contributed by atoms with Gasteiger partial charge in [-0.3, -0.25) is 0 Å². The minimum absolute atomic E-state index is 0.113. The molecule has 0 saturated heterocycles. The highest BCUT2D eigenvalue weighted by molar-refractivity contribution is 9.10. The predicted molar refractivity (Wildman–Crippen MR) is 78.3 cm³/mol. The maximum absolute atomic E-state index is 11.6. The average Bonchev–Trinajstić information content (AvgIpc) is 2.33. The van der Waals surface area contributed by atoms with Gasteiger partial charge in [-0.25, -0.2) is 13.2 Å². The molecule has 0 unspecified atom stereocenters. The number of hydrogen-bond acceptors (Lipinski definition) is 5. The van der Waals surface area contributed by atoms with Crippen molar-refractivity contribution in [3.05, 3.63) is 28.2 Å². The van der Waals surface area contributed by atoms with Crippen molar-refractivity contribution in [1.29, 1.82) is 0 Å². The van der Waals surface area contributed by atoms with Crippen LogP contribution in [0.25, 0.3) is 0 Å². The van der Waals surface area contributed by atoms with E-state index in [2.05, 4.69) is 26.0 Å². The van der Waals surface area contributed by atoms with Crippen molar-refractivity contribution in [3.63, 3.8) is 0 Å². The van der Waals surface area contributed by atoms with Crippen LogP contribution in [0.2, 0.25) is 0 Å². The number of carbonyl (C=O) groups is 1. The number of ether oxygens (including phenoxy) is 1. The molecule has 0 aliphatic rings. The third kappa shape index (κ3) is 5.61. The summed E-state index contributed by atoms with van der Waals surface area (Å²) in [5.41, 5.74) is 1.04. The molecule has 1 aromatic rings. The summed E-state index contributed by atoms with van der Waals surface area (Å²) in [6, 6.07) is 5.15. The van der Waals surface area contributed by atoms with E-state index in [0.717, 1.165) is 4.47 Å². The average molecular weight is 350 g/mol. The van der Waals surface area contributed by atoms with E-state index in [0.29, 0.717) is 24.2 Å². The van der Waals surface area contributed by atoms with Crippen LogP contribution in [0.15, 0.2) is 22.7 Å². The van der Waals surface area contributed by atoms with Crippen LogP contribution in [-0.4, -0.2) is 40.1 Å². The van der Waals surface area contributed by atoms with Crippen molar-refractivity contribution in [2.75, 3.05) is 31.0 Å². The monoisotopic (exact) mass is 349 g/mol. The normalized spacial score (nSPS) is 11.1. The first-order valence-corrected chi connectivity index (χ1v) is 8.48. The van der Waals surface area contributed by atoms with E-state index >= 15 is 0 Å².